The summed E-state index contributed by atoms with van der Waals surface area (Å²) in [5.41, 5.74) is 11.6. The molecule has 0 radical (unpaired) electrons. The summed E-state index contributed by atoms with van der Waals surface area (Å²) in [5, 5.41) is 2.95. The number of hydrogen-bond donors (Lipinski definition) is 3. The monoisotopic (exact) mass is 264 g/mol. The molecule has 0 saturated carbocycles. The van der Waals surface area contributed by atoms with Crippen molar-refractivity contribution >= 4 is 23.2 Å². The van der Waals surface area contributed by atoms with E-state index in [1.807, 2.05) is 0 Å². The van der Waals surface area contributed by atoms with Gasteiger partial charge in [-0.05, 0) is 32.0 Å². The van der Waals surface area contributed by atoms with Crippen molar-refractivity contribution in [3.63, 3.8) is 0 Å². The zero-order valence-corrected chi connectivity index (χ0v) is 11.7. The van der Waals surface area contributed by atoms with Crippen LogP contribution in [0.5, 0.6) is 0 Å². The second-order valence-corrected chi connectivity index (χ2v) is 5.12. The quantitative estimate of drug-likeness (QED) is 0.695. The topological polar surface area (TPSA) is 101 Å². The Morgan fingerprint density at radius 1 is 1.26 bits per heavy atom. The van der Waals surface area contributed by atoms with Gasteiger partial charge in [-0.3, -0.25) is 9.59 Å². The van der Waals surface area contributed by atoms with Gasteiger partial charge in [-0.25, -0.2) is 0 Å². The first kappa shape index (κ1) is 14.8. The summed E-state index contributed by atoms with van der Waals surface area (Å²) in [6.45, 7) is 3.30. The van der Waals surface area contributed by atoms with E-state index in [4.69, 9.17) is 11.5 Å². The number of carbonyl (C=O) groups is 2. The molecule has 0 aliphatic rings. The summed E-state index contributed by atoms with van der Waals surface area (Å²) in [6.07, 6.45) is 0. The fourth-order valence-corrected chi connectivity index (χ4v) is 1.45. The summed E-state index contributed by atoms with van der Waals surface area (Å²) >= 11 is 0. The minimum Gasteiger partial charge on any atom is -0.397 e. The summed E-state index contributed by atoms with van der Waals surface area (Å²) in [4.78, 5) is 24.6. The third-order valence-electron chi connectivity index (χ3n) is 2.77. The van der Waals surface area contributed by atoms with Crippen molar-refractivity contribution < 1.29 is 9.59 Å². The molecule has 1 aromatic rings. The first-order valence-electron chi connectivity index (χ1n) is 5.84. The summed E-state index contributed by atoms with van der Waals surface area (Å²) < 4.78 is 0. The van der Waals surface area contributed by atoms with Crippen molar-refractivity contribution in [3.05, 3.63) is 23.8 Å². The van der Waals surface area contributed by atoms with Crippen LogP contribution in [0.25, 0.3) is 0 Å². The van der Waals surface area contributed by atoms with Gasteiger partial charge in [0.15, 0.2) is 0 Å². The number of nitrogen functional groups attached to an aromatic ring is 1. The Kier molecular flexibility index (Phi) is 4.04. The molecule has 1 rings (SSSR count). The lowest BCUT2D eigenvalue weighted by molar-refractivity contribution is -0.121. The highest BCUT2D eigenvalue weighted by Crippen LogP contribution is 2.24. The third-order valence-corrected chi connectivity index (χ3v) is 2.77. The average Bonchev–Trinajstić information content (AvgIpc) is 2.30. The van der Waals surface area contributed by atoms with E-state index in [0.29, 0.717) is 16.9 Å². The molecule has 2 amide bonds. The Hall–Kier alpha value is -2.24. The van der Waals surface area contributed by atoms with E-state index >= 15 is 0 Å². The largest absolute Gasteiger partial charge is 0.397 e. The molecule has 0 unspecified atom stereocenters. The second kappa shape index (κ2) is 5.17. The molecule has 0 saturated heterocycles. The molecule has 0 bridgehead atoms. The van der Waals surface area contributed by atoms with Crippen molar-refractivity contribution in [2.24, 2.45) is 5.73 Å². The summed E-state index contributed by atoms with van der Waals surface area (Å²) in [7, 11) is 3.33. The minimum atomic E-state index is -0.950. The van der Waals surface area contributed by atoms with Gasteiger partial charge in [-0.2, -0.15) is 0 Å². The predicted octanol–water partition coefficient (Wildman–Crippen LogP) is 0.646. The summed E-state index contributed by atoms with van der Waals surface area (Å²) in [5.74, 6) is -0.642. The second-order valence-electron chi connectivity index (χ2n) is 5.12. The lowest BCUT2D eigenvalue weighted by atomic mass is 10.0. The number of primary amides is 1. The van der Waals surface area contributed by atoms with E-state index < -0.39 is 11.4 Å². The van der Waals surface area contributed by atoms with Crippen molar-refractivity contribution in [3.8, 4) is 0 Å². The number of nitrogens with two attached hydrogens (primary N) is 2. The molecule has 6 nitrogen and oxygen atoms in total. The Morgan fingerprint density at radius 3 is 2.32 bits per heavy atom. The van der Waals surface area contributed by atoms with Crippen LogP contribution < -0.4 is 16.8 Å². The maximum Gasteiger partial charge on any atom is 0.253 e. The van der Waals surface area contributed by atoms with E-state index in [1.54, 1.807) is 46.1 Å². The Morgan fingerprint density at radius 2 is 1.84 bits per heavy atom. The highest BCUT2D eigenvalue weighted by Gasteiger charge is 2.25. The van der Waals surface area contributed by atoms with Crippen LogP contribution in [0.2, 0.25) is 0 Å². The first-order chi connectivity index (χ1) is 8.65. The maximum atomic E-state index is 11.9. The van der Waals surface area contributed by atoms with Crippen molar-refractivity contribution in [1.82, 2.24) is 4.90 Å². The van der Waals surface area contributed by atoms with E-state index in [1.165, 1.54) is 4.90 Å². The normalized spacial score (nSPS) is 10.9. The minimum absolute atomic E-state index is 0.139. The van der Waals surface area contributed by atoms with Crippen molar-refractivity contribution in [2.75, 3.05) is 25.1 Å². The maximum absolute atomic E-state index is 11.9. The van der Waals surface area contributed by atoms with Crippen LogP contribution in [-0.2, 0) is 4.79 Å². The van der Waals surface area contributed by atoms with Crippen molar-refractivity contribution in [1.29, 1.82) is 0 Å². The first-order valence-corrected chi connectivity index (χ1v) is 5.84. The van der Waals surface area contributed by atoms with Crippen LogP contribution in [0.3, 0.4) is 0 Å². The van der Waals surface area contributed by atoms with Gasteiger partial charge in [-0.1, -0.05) is 0 Å². The van der Waals surface area contributed by atoms with Crippen LogP contribution in [0, 0.1) is 0 Å². The van der Waals surface area contributed by atoms with Crippen LogP contribution in [0.1, 0.15) is 24.2 Å². The molecular formula is C13H20N4O2. The standard InChI is InChI=1S/C13H20N4O2/c1-13(2,12(15)19)16-10-7-8(5-6-9(10)14)11(18)17(3)4/h5-7,16H,14H2,1-4H3,(H2,15,19). The highest BCUT2D eigenvalue weighted by molar-refractivity contribution is 5.96. The predicted molar refractivity (Wildman–Crippen MR) is 75.8 cm³/mol. The summed E-state index contributed by atoms with van der Waals surface area (Å²) in [6, 6.07) is 4.87. The zero-order chi connectivity index (χ0) is 14.8. The van der Waals surface area contributed by atoms with Gasteiger partial charge >= 0.3 is 0 Å². The average molecular weight is 264 g/mol. The molecular weight excluding hydrogens is 244 g/mol. The van der Waals surface area contributed by atoms with Gasteiger partial charge in [-0.15, -0.1) is 0 Å². The lowest BCUT2D eigenvalue weighted by Gasteiger charge is -2.25. The third kappa shape index (κ3) is 3.37. The van der Waals surface area contributed by atoms with Crippen LogP contribution in [-0.4, -0.2) is 36.3 Å². The number of rotatable bonds is 4. The molecule has 0 fully saturated rings. The Bertz CT molecular complexity index is 509. The van der Waals surface area contributed by atoms with Crippen LogP contribution in [0.15, 0.2) is 18.2 Å². The molecule has 0 aliphatic heterocycles. The molecule has 0 aliphatic carbocycles. The smallest absolute Gasteiger partial charge is 0.253 e. The Labute approximate surface area is 112 Å². The SMILES string of the molecule is CN(C)C(=O)c1ccc(N)c(NC(C)(C)C(N)=O)c1. The number of carbonyl (C=O) groups excluding carboxylic acids is 2. The van der Waals surface area contributed by atoms with E-state index in [9.17, 15) is 9.59 Å². The van der Waals surface area contributed by atoms with Gasteiger partial charge in [0.1, 0.15) is 5.54 Å². The molecule has 0 spiro atoms. The van der Waals surface area contributed by atoms with Crippen LogP contribution in [0.4, 0.5) is 11.4 Å². The molecule has 104 valence electrons. The molecule has 6 heteroatoms. The Balaban J connectivity index is 3.12. The lowest BCUT2D eigenvalue weighted by Crippen LogP contribution is -2.45. The van der Waals surface area contributed by atoms with Gasteiger partial charge < -0.3 is 21.7 Å². The molecule has 0 aromatic heterocycles. The number of hydrogen-bond acceptors (Lipinski definition) is 4. The van der Waals surface area contributed by atoms with Gasteiger partial charge in [0, 0.05) is 19.7 Å². The molecule has 5 N–H and O–H groups in total. The number of amides is 2. The fourth-order valence-electron chi connectivity index (χ4n) is 1.45. The van der Waals surface area contributed by atoms with Gasteiger partial charge in [0.2, 0.25) is 5.91 Å². The molecule has 1 aromatic carbocycles. The van der Waals surface area contributed by atoms with E-state index in [0.717, 1.165) is 0 Å². The van der Waals surface area contributed by atoms with Gasteiger partial charge in [0.05, 0.1) is 11.4 Å². The van der Waals surface area contributed by atoms with Crippen molar-refractivity contribution in [2.45, 2.75) is 19.4 Å². The number of nitrogens with zero attached hydrogens (tertiary/aromatic N) is 1. The zero-order valence-electron chi connectivity index (χ0n) is 11.7. The number of nitrogens with one attached hydrogen (secondary N) is 1. The van der Waals surface area contributed by atoms with E-state index in [2.05, 4.69) is 5.32 Å². The highest BCUT2D eigenvalue weighted by atomic mass is 16.2. The molecule has 0 heterocycles. The molecule has 19 heavy (non-hydrogen) atoms. The fraction of sp³-hybridized carbons (Fsp3) is 0.385. The van der Waals surface area contributed by atoms with E-state index in [-0.39, 0.29) is 5.91 Å². The number of benzene rings is 1. The van der Waals surface area contributed by atoms with Crippen LogP contribution >= 0.6 is 0 Å². The van der Waals surface area contributed by atoms with Gasteiger partial charge in [0.25, 0.3) is 5.91 Å². The number of anilines is 2. The molecule has 0 atom stereocenters.